The number of hydrogen-bond acceptors (Lipinski definition) is 4. The van der Waals surface area contributed by atoms with Crippen molar-refractivity contribution in [2.24, 2.45) is 0 Å². The molecule has 0 heterocycles. The van der Waals surface area contributed by atoms with Crippen LogP contribution in [0.2, 0.25) is 0 Å². The van der Waals surface area contributed by atoms with Gasteiger partial charge in [-0.1, -0.05) is 19.9 Å². The van der Waals surface area contributed by atoms with Gasteiger partial charge in [-0.05, 0) is 43.5 Å². The minimum absolute atomic E-state index is 0.328. The summed E-state index contributed by atoms with van der Waals surface area (Å²) in [5, 5.41) is 3.55. The lowest BCUT2D eigenvalue weighted by atomic mass is 10.1. The fourth-order valence-corrected chi connectivity index (χ4v) is 2.20. The fourth-order valence-electron chi connectivity index (χ4n) is 2.20. The first-order valence-electron chi connectivity index (χ1n) is 7.77. The van der Waals surface area contributed by atoms with Crippen LogP contribution in [-0.2, 0) is 11.2 Å². The second kappa shape index (κ2) is 10.5. The Morgan fingerprint density at radius 1 is 1.05 bits per heavy atom. The molecule has 1 N–H and O–H groups in total. The minimum Gasteiger partial charge on any atom is -0.493 e. The Hall–Kier alpha value is -1.26. The average molecular weight is 295 g/mol. The first-order valence-corrected chi connectivity index (χ1v) is 7.77. The highest BCUT2D eigenvalue weighted by atomic mass is 16.5. The second-order valence-electron chi connectivity index (χ2n) is 5.12. The fraction of sp³-hybridized carbons (Fsp3) is 0.647. The van der Waals surface area contributed by atoms with Gasteiger partial charge in [-0.25, -0.2) is 0 Å². The van der Waals surface area contributed by atoms with Crippen LogP contribution in [0.1, 0.15) is 32.3 Å². The summed E-state index contributed by atoms with van der Waals surface area (Å²) in [5.74, 6) is 1.54. The van der Waals surface area contributed by atoms with Gasteiger partial charge in [0, 0.05) is 12.6 Å². The normalized spacial score (nSPS) is 12.2. The molecule has 0 amide bonds. The molecule has 120 valence electrons. The van der Waals surface area contributed by atoms with E-state index >= 15 is 0 Å². The van der Waals surface area contributed by atoms with Crippen molar-refractivity contribution in [3.05, 3.63) is 23.8 Å². The van der Waals surface area contributed by atoms with Crippen molar-refractivity contribution in [1.29, 1.82) is 0 Å². The number of benzene rings is 1. The van der Waals surface area contributed by atoms with Crippen molar-refractivity contribution in [1.82, 2.24) is 5.32 Å². The molecule has 0 radical (unpaired) electrons. The van der Waals surface area contributed by atoms with E-state index in [1.807, 2.05) is 12.1 Å². The lowest BCUT2D eigenvalue weighted by Gasteiger charge is -2.19. The Bertz CT molecular complexity index is 396. The largest absolute Gasteiger partial charge is 0.493 e. The van der Waals surface area contributed by atoms with Crippen LogP contribution in [0.15, 0.2) is 18.2 Å². The van der Waals surface area contributed by atoms with E-state index in [1.165, 1.54) is 5.56 Å². The summed E-state index contributed by atoms with van der Waals surface area (Å²) in [6.45, 7) is 6.86. The second-order valence-corrected chi connectivity index (χ2v) is 5.12. The van der Waals surface area contributed by atoms with Gasteiger partial charge in [0.15, 0.2) is 11.5 Å². The first kappa shape index (κ1) is 17.8. The van der Waals surface area contributed by atoms with E-state index in [4.69, 9.17) is 14.2 Å². The van der Waals surface area contributed by atoms with Gasteiger partial charge < -0.3 is 19.5 Å². The summed E-state index contributed by atoms with van der Waals surface area (Å²) in [6, 6.07) is 6.41. The van der Waals surface area contributed by atoms with Gasteiger partial charge in [0.2, 0.25) is 0 Å². The van der Waals surface area contributed by atoms with E-state index < -0.39 is 0 Å². The number of ether oxygens (including phenoxy) is 3. The molecule has 1 aromatic rings. The molecule has 0 bridgehead atoms. The maximum absolute atomic E-state index is 5.70. The smallest absolute Gasteiger partial charge is 0.160 e. The summed E-state index contributed by atoms with van der Waals surface area (Å²) in [5.41, 5.74) is 1.22. The highest BCUT2D eigenvalue weighted by Crippen LogP contribution is 2.28. The molecule has 4 nitrogen and oxygen atoms in total. The zero-order valence-electron chi connectivity index (χ0n) is 13.8. The highest BCUT2D eigenvalue weighted by molar-refractivity contribution is 5.43. The van der Waals surface area contributed by atoms with Crippen molar-refractivity contribution in [3.63, 3.8) is 0 Å². The van der Waals surface area contributed by atoms with Crippen LogP contribution < -0.4 is 14.8 Å². The highest BCUT2D eigenvalue weighted by Gasteiger charge is 2.11. The molecule has 4 heteroatoms. The summed E-state index contributed by atoms with van der Waals surface area (Å²) >= 11 is 0. The van der Waals surface area contributed by atoms with Gasteiger partial charge >= 0.3 is 0 Å². The molecule has 21 heavy (non-hydrogen) atoms. The van der Waals surface area contributed by atoms with Crippen LogP contribution in [0.3, 0.4) is 0 Å². The molecular formula is C17H29NO3. The SMILES string of the molecule is CCCNC(COCCC)Cc1ccc(OC)c(OC)c1. The van der Waals surface area contributed by atoms with E-state index in [9.17, 15) is 0 Å². The number of nitrogens with one attached hydrogen (secondary N) is 1. The van der Waals surface area contributed by atoms with Crippen molar-refractivity contribution in [2.75, 3.05) is 34.0 Å². The van der Waals surface area contributed by atoms with Crippen LogP contribution in [0.5, 0.6) is 11.5 Å². The van der Waals surface area contributed by atoms with Gasteiger partial charge in [0.25, 0.3) is 0 Å². The van der Waals surface area contributed by atoms with Crippen LogP contribution in [0.25, 0.3) is 0 Å². The van der Waals surface area contributed by atoms with Crippen LogP contribution in [-0.4, -0.2) is 40.0 Å². The third-order valence-corrected chi connectivity index (χ3v) is 3.28. The predicted octanol–water partition coefficient (Wildman–Crippen LogP) is 3.04. The summed E-state index contributed by atoms with van der Waals surface area (Å²) < 4.78 is 16.3. The Kier molecular flexibility index (Phi) is 8.87. The predicted molar refractivity (Wildman–Crippen MR) is 86.4 cm³/mol. The molecule has 0 aliphatic carbocycles. The third-order valence-electron chi connectivity index (χ3n) is 3.28. The summed E-state index contributed by atoms with van der Waals surface area (Å²) in [7, 11) is 3.32. The molecule has 1 unspecified atom stereocenters. The molecule has 1 rings (SSSR count). The summed E-state index contributed by atoms with van der Waals surface area (Å²) in [6.07, 6.45) is 3.09. The van der Waals surface area contributed by atoms with E-state index in [0.29, 0.717) is 6.04 Å². The maximum atomic E-state index is 5.70. The Balaban J connectivity index is 2.67. The Labute approximate surface area is 128 Å². The lowest BCUT2D eigenvalue weighted by molar-refractivity contribution is 0.111. The van der Waals surface area contributed by atoms with Crippen molar-refractivity contribution < 1.29 is 14.2 Å². The van der Waals surface area contributed by atoms with E-state index in [0.717, 1.165) is 50.5 Å². The molecule has 0 aliphatic rings. The van der Waals surface area contributed by atoms with Crippen LogP contribution >= 0.6 is 0 Å². The molecule has 0 aromatic heterocycles. The van der Waals surface area contributed by atoms with Crippen LogP contribution in [0, 0.1) is 0 Å². The molecule has 0 aliphatic heterocycles. The lowest BCUT2D eigenvalue weighted by Crippen LogP contribution is -2.36. The Morgan fingerprint density at radius 2 is 1.81 bits per heavy atom. The molecule has 0 fully saturated rings. The minimum atomic E-state index is 0.328. The van der Waals surface area contributed by atoms with E-state index in [-0.39, 0.29) is 0 Å². The molecule has 0 saturated carbocycles. The number of rotatable bonds is 11. The molecular weight excluding hydrogens is 266 g/mol. The standard InChI is InChI=1S/C17H29NO3/c1-5-9-18-15(13-21-10-6-2)11-14-7-8-16(19-3)17(12-14)20-4/h7-8,12,15,18H,5-6,9-11,13H2,1-4H3. The van der Waals surface area contributed by atoms with E-state index in [1.54, 1.807) is 14.2 Å². The molecule has 1 atom stereocenters. The monoisotopic (exact) mass is 295 g/mol. The van der Waals surface area contributed by atoms with Gasteiger partial charge in [-0.3, -0.25) is 0 Å². The van der Waals surface area contributed by atoms with Gasteiger partial charge in [0.05, 0.1) is 20.8 Å². The molecule has 0 saturated heterocycles. The molecule has 1 aromatic carbocycles. The van der Waals surface area contributed by atoms with E-state index in [2.05, 4.69) is 25.2 Å². The summed E-state index contributed by atoms with van der Waals surface area (Å²) in [4.78, 5) is 0. The number of hydrogen-bond donors (Lipinski definition) is 1. The van der Waals surface area contributed by atoms with Crippen molar-refractivity contribution >= 4 is 0 Å². The average Bonchev–Trinajstić information content (AvgIpc) is 2.52. The van der Waals surface area contributed by atoms with Crippen LogP contribution in [0.4, 0.5) is 0 Å². The van der Waals surface area contributed by atoms with Crippen molar-refractivity contribution in [3.8, 4) is 11.5 Å². The topological polar surface area (TPSA) is 39.7 Å². The van der Waals surface area contributed by atoms with Gasteiger partial charge in [-0.2, -0.15) is 0 Å². The third kappa shape index (κ3) is 6.36. The zero-order chi connectivity index (χ0) is 15.5. The van der Waals surface area contributed by atoms with Gasteiger partial charge in [0.1, 0.15) is 0 Å². The van der Waals surface area contributed by atoms with Crippen molar-refractivity contribution in [2.45, 2.75) is 39.2 Å². The quantitative estimate of drug-likeness (QED) is 0.637. The van der Waals surface area contributed by atoms with Gasteiger partial charge in [-0.15, -0.1) is 0 Å². The Morgan fingerprint density at radius 3 is 2.43 bits per heavy atom. The first-order chi connectivity index (χ1) is 10.2. The maximum Gasteiger partial charge on any atom is 0.160 e. The molecule has 0 spiro atoms. The number of methoxy groups -OCH3 is 2. The zero-order valence-corrected chi connectivity index (χ0v) is 13.8.